The molecule has 11 heteroatoms. The van der Waals surface area contributed by atoms with Crippen LogP contribution in [0.2, 0.25) is 0 Å². The predicted octanol–water partition coefficient (Wildman–Crippen LogP) is 2.84. The molecule has 0 bridgehead atoms. The Hall–Kier alpha value is -3.50. The quantitative estimate of drug-likeness (QED) is 0.362. The molecule has 36 heavy (non-hydrogen) atoms. The molecule has 2 aliphatic rings. The second-order valence-corrected chi connectivity index (χ2v) is 9.84. The van der Waals surface area contributed by atoms with Crippen molar-refractivity contribution in [2.75, 3.05) is 25.6 Å². The number of ether oxygens (including phenoxy) is 4. The summed E-state index contributed by atoms with van der Waals surface area (Å²) >= 11 is 0. The number of amides is 3. The highest BCUT2D eigenvalue weighted by Gasteiger charge is 2.76. The summed E-state index contributed by atoms with van der Waals surface area (Å²) in [7, 11) is 1.54. The van der Waals surface area contributed by atoms with Gasteiger partial charge in [-0.05, 0) is 64.8 Å². The fraction of sp³-hybridized carbons (Fsp3) is 0.600. The lowest BCUT2D eigenvalue weighted by molar-refractivity contribution is -0.153. The Bertz CT molecular complexity index is 990. The Balaban J connectivity index is 1.84. The van der Waals surface area contributed by atoms with Crippen LogP contribution >= 0.6 is 0 Å². The van der Waals surface area contributed by atoms with Crippen LogP contribution in [0.4, 0.5) is 15.3 Å². The van der Waals surface area contributed by atoms with Gasteiger partial charge in [0.15, 0.2) is 0 Å². The third-order valence-electron chi connectivity index (χ3n) is 6.24. The van der Waals surface area contributed by atoms with Crippen LogP contribution in [0.15, 0.2) is 24.3 Å². The molecule has 2 saturated carbocycles. The molecule has 1 aromatic rings. The van der Waals surface area contributed by atoms with E-state index in [9.17, 15) is 19.2 Å². The SMILES string of the molecule is CCOC(=O)C1C2C(NC(=O)Nc3ccc(OC)cc3)CC(NC(=O)OC(C)(C)C)(C(=O)OCC)C12. The van der Waals surface area contributed by atoms with Crippen LogP contribution in [-0.2, 0) is 23.8 Å². The van der Waals surface area contributed by atoms with Gasteiger partial charge in [-0.3, -0.25) is 4.79 Å². The van der Waals surface area contributed by atoms with Gasteiger partial charge in [-0.15, -0.1) is 0 Å². The van der Waals surface area contributed by atoms with Crippen LogP contribution < -0.4 is 20.7 Å². The topological polar surface area (TPSA) is 141 Å². The summed E-state index contributed by atoms with van der Waals surface area (Å²) in [6.45, 7) is 8.68. The fourth-order valence-electron chi connectivity index (χ4n) is 4.94. The van der Waals surface area contributed by atoms with E-state index in [4.69, 9.17) is 18.9 Å². The van der Waals surface area contributed by atoms with Crippen LogP contribution in [0.1, 0.15) is 41.0 Å². The van der Waals surface area contributed by atoms with Crippen LogP contribution in [0, 0.1) is 17.8 Å². The van der Waals surface area contributed by atoms with Crippen molar-refractivity contribution < 1.29 is 38.1 Å². The summed E-state index contributed by atoms with van der Waals surface area (Å²) in [5.41, 5.74) is -1.83. The standard InChI is InChI=1S/C25H35N3O8/c1-7-34-20(29)18-17-16(27-22(31)26-14-9-11-15(33-6)12-10-14)13-25(19(17)18,21(30)35-8-2)28-23(32)36-24(3,4)5/h9-12,16-19H,7-8,13H2,1-6H3,(H,28,32)(H2,26,27,31). The number of nitrogens with one attached hydrogen (secondary N) is 3. The van der Waals surface area contributed by atoms with Gasteiger partial charge in [0.2, 0.25) is 0 Å². The van der Waals surface area contributed by atoms with Gasteiger partial charge in [-0.1, -0.05) is 0 Å². The summed E-state index contributed by atoms with van der Waals surface area (Å²) in [6.07, 6.45) is -0.779. The lowest BCUT2D eigenvalue weighted by Gasteiger charge is -2.33. The monoisotopic (exact) mass is 505 g/mol. The van der Waals surface area contributed by atoms with Gasteiger partial charge in [0.25, 0.3) is 0 Å². The number of rotatable bonds is 8. The Morgan fingerprint density at radius 1 is 1.03 bits per heavy atom. The highest BCUT2D eigenvalue weighted by molar-refractivity contribution is 5.93. The van der Waals surface area contributed by atoms with E-state index in [0.717, 1.165) is 0 Å². The first-order valence-electron chi connectivity index (χ1n) is 12.0. The summed E-state index contributed by atoms with van der Waals surface area (Å²) in [5.74, 6) is -2.27. The molecule has 0 heterocycles. The number of carbonyl (C=O) groups excluding carboxylic acids is 4. The van der Waals surface area contributed by atoms with Crippen molar-refractivity contribution in [3.8, 4) is 5.75 Å². The zero-order valence-corrected chi connectivity index (χ0v) is 21.5. The fourth-order valence-corrected chi connectivity index (χ4v) is 4.94. The Kier molecular flexibility index (Phi) is 8.00. The van der Waals surface area contributed by atoms with Crippen molar-refractivity contribution in [2.24, 2.45) is 17.8 Å². The Labute approximate surface area is 210 Å². The van der Waals surface area contributed by atoms with E-state index in [1.54, 1.807) is 66.0 Å². The minimum absolute atomic E-state index is 0.0341. The molecular formula is C25H35N3O8. The van der Waals surface area contributed by atoms with E-state index < -0.39 is 59.0 Å². The Morgan fingerprint density at radius 3 is 2.22 bits per heavy atom. The first-order valence-corrected chi connectivity index (χ1v) is 12.0. The number of alkyl carbamates (subject to hydrolysis) is 1. The molecule has 2 fully saturated rings. The number of hydrogen-bond acceptors (Lipinski definition) is 8. The molecular weight excluding hydrogens is 470 g/mol. The molecule has 198 valence electrons. The molecule has 1 aromatic carbocycles. The molecule has 0 saturated heterocycles. The van der Waals surface area contributed by atoms with Crippen LogP contribution in [0.3, 0.4) is 0 Å². The maximum atomic E-state index is 13.2. The number of benzene rings is 1. The number of urea groups is 1. The van der Waals surface area contributed by atoms with E-state index in [1.807, 2.05) is 0 Å². The van der Waals surface area contributed by atoms with Crippen molar-refractivity contribution >= 4 is 29.8 Å². The van der Waals surface area contributed by atoms with Gasteiger partial charge in [-0.25, -0.2) is 14.4 Å². The summed E-state index contributed by atoms with van der Waals surface area (Å²) in [6, 6.07) is 5.64. The molecule has 3 amide bonds. The van der Waals surface area contributed by atoms with Gasteiger partial charge in [0.05, 0.1) is 26.2 Å². The van der Waals surface area contributed by atoms with Crippen molar-refractivity contribution in [3.63, 3.8) is 0 Å². The lowest BCUT2D eigenvalue weighted by Crippen LogP contribution is -2.59. The molecule has 0 aromatic heterocycles. The maximum Gasteiger partial charge on any atom is 0.408 e. The number of carbonyl (C=O) groups is 4. The van der Waals surface area contributed by atoms with Crippen molar-refractivity contribution in [1.29, 1.82) is 0 Å². The summed E-state index contributed by atoms with van der Waals surface area (Å²) < 4.78 is 21.0. The smallest absolute Gasteiger partial charge is 0.408 e. The molecule has 5 unspecified atom stereocenters. The maximum absolute atomic E-state index is 13.2. The third kappa shape index (κ3) is 5.83. The van der Waals surface area contributed by atoms with Gasteiger partial charge < -0.3 is 34.9 Å². The number of methoxy groups -OCH3 is 1. The van der Waals surface area contributed by atoms with Gasteiger partial charge in [-0.2, -0.15) is 0 Å². The molecule has 0 spiro atoms. The highest BCUT2D eigenvalue weighted by Crippen LogP contribution is 2.63. The second kappa shape index (κ2) is 10.6. The Morgan fingerprint density at radius 2 is 1.67 bits per heavy atom. The van der Waals surface area contributed by atoms with E-state index >= 15 is 0 Å². The molecule has 5 atom stereocenters. The lowest BCUT2D eigenvalue weighted by atomic mass is 9.89. The molecule has 3 rings (SSSR count). The minimum atomic E-state index is -1.56. The first kappa shape index (κ1) is 27.1. The number of fused-ring (bicyclic) bond motifs is 1. The number of esters is 2. The van der Waals surface area contributed by atoms with E-state index in [-0.39, 0.29) is 19.6 Å². The van der Waals surface area contributed by atoms with Crippen LogP contribution in [0.5, 0.6) is 5.75 Å². The zero-order valence-electron chi connectivity index (χ0n) is 21.5. The van der Waals surface area contributed by atoms with Crippen LogP contribution in [-0.4, -0.2) is 61.6 Å². The molecule has 2 aliphatic carbocycles. The second-order valence-electron chi connectivity index (χ2n) is 9.84. The van der Waals surface area contributed by atoms with Crippen molar-refractivity contribution in [3.05, 3.63) is 24.3 Å². The van der Waals surface area contributed by atoms with Crippen molar-refractivity contribution in [1.82, 2.24) is 10.6 Å². The van der Waals surface area contributed by atoms with E-state index in [0.29, 0.717) is 11.4 Å². The number of anilines is 1. The average Bonchev–Trinajstić information content (AvgIpc) is 3.47. The minimum Gasteiger partial charge on any atom is -0.497 e. The zero-order chi connectivity index (χ0) is 26.7. The highest BCUT2D eigenvalue weighted by atomic mass is 16.6. The predicted molar refractivity (Wildman–Crippen MR) is 129 cm³/mol. The normalized spacial score (nSPS) is 26.2. The molecule has 11 nitrogen and oxygen atoms in total. The van der Waals surface area contributed by atoms with Gasteiger partial charge >= 0.3 is 24.1 Å². The molecule has 0 aliphatic heterocycles. The first-order chi connectivity index (χ1) is 17.0. The average molecular weight is 506 g/mol. The molecule has 3 N–H and O–H groups in total. The largest absolute Gasteiger partial charge is 0.497 e. The van der Waals surface area contributed by atoms with Crippen LogP contribution in [0.25, 0.3) is 0 Å². The van der Waals surface area contributed by atoms with Gasteiger partial charge in [0.1, 0.15) is 16.9 Å². The summed E-state index contributed by atoms with van der Waals surface area (Å²) in [5, 5.41) is 8.28. The van der Waals surface area contributed by atoms with E-state index in [2.05, 4.69) is 16.0 Å². The third-order valence-corrected chi connectivity index (χ3v) is 6.24. The number of hydrogen-bond donors (Lipinski definition) is 3. The van der Waals surface area contributed by atoms with Crippen molar-refractivity contribution in [2.45, 2.75) is 58.2 Å². The van der Waals surface area contributed by atoms with Gasteiger partial charge in [0, 0.05) is 24.1 Å². The van der Waals surface area contributed by atoms with E-state index in [1.165, 1.54) is 0 Å². The summed E-state index contributed by atoms with van der Waals surface area (Å²) in [4.78, 5) is 51.5. The molecule has 0 radical (unpaired) electrons.